The maximum absolute atomic E-state index is 11.9. The van der Waals surface area contributed by atoms with Crippen LogP contribution in [-0.2, 0) is 9.53 Å². The number of amides is 1. The number of rotatable bonds is 5. The average Bonchev–Trinajstić information content (AvgIpc) is 2.55. The molecule has 0 aromatic heterocycles. The average molecular weight is 411 g/mol. The van der Waals surface area contributed by atoms with Crippen LogP contribution in [0.3, 0.4) is 0 Å². The van der Waals surface area contributed by atoms with E-state index in [0.717, 1.165) is 0 Å². The second-order valence-corrected chi connectivity index (χ2v) is 6.20. The second kappa shape index (κ2) is 8.08. The first-order chi connectivity index (χ1) is 11.4. The van der Waals surface area contributed by atoms with Crippen LogP contribution in [-0.4, -0.2) is 24.3 Å². The number of halogens is 2. The predicted molar refractivity (Wildman–Crippen MR) is 94.5 cm³/mol. The smallest absolute Gasteiger partial charge is 0.340 e. The zero-order chi connectivity index (χ0) is 17.7. The van der Waals surface area contributed by atoms with Crippen LogP contribution in [0.1, 0.15) is 27.6 Å². The molecule has 2 aromatic carbocycles. The summed E-state index contributed by atoms with van der Waals surface area (Å²) in [5, 5.41) is 2.81. The van der Waals surface area contributed by atoms with Gasteiger partial charge in [0, 0.05) is 15.7 Å². The van der Waals surface area contributed by atoms with E-state index in [2.05, 4.69) is 21.2 Å². The van der Waals surface area contributed by atoms with E-state index >= 15 is 0 Å². The fourth-order valence-corrected chi connectivity index (χ4v) is 2.40. The van der Waals surface area contributed by atoms with Crippen LogP contribution in [0.2, 0.25) is 5.02 Å². The van der Waals surface area contributed by atoms with Gasteiger partial charge in [0.2, 0.25) is 0 Å². The lowest BCUT2D eigenvalue weighted by atomic mass is 10.1. The molecule has 0 unspecified atom stereocenters. The molecular formula is C17H13BrClNO4. The molecule has 0 spiro atoms. The highest BCUT2D eigenvalue weighted by Crippen LogP contribution is 2.21. The monoisotopic (exact) mass is 409 g/mol. The van der Waals surface area contributed by atoms with E-state index in [-0.39, 0.29) is 16.4 Å². The van der Waals surface area contributed by atoms with Crippen LogP contribution >= 0.6 is 27.5 Å². The van der Waals surface area contributed by atoms with Gasteiger partial charge in [-0.05, 0) is 49.4 Å². The number of nitrogens with one attached hydrogen (secondary N) is 1. The van der Waals surface area contributed by atoms with Gasteiger partial charge in [-0.1, -0.05) is 27.5 Å². The molecule has 1 N–H and O–H groups in total. The molecule has 0 radical (unpaired) electrons. The highest BCUT2D eigenvalue weighted by molar-refractivity contribution is 9.10. The number of hydrogen-bond acceptors (Lipinski definition) is 4. The summed E-state index contributed by atoms with van der Waals surface area (Å²) in [4.78, 5) is 35.0. The molecule has 24 heavy (non-hydrogen) atoms. The largest absolute Gasteiger partial charge is 0.452 e. The Morgan fingerprint density at radius 1 is 1.12 bits per heavy atom. The van der Waals surface area contributed by atoms with Crippen molar-refractivity contribution in [1.82, 2.24) is 0 Å². The molecule has 0 fully saturated rings. The molecule has 0 atom stereocenters. The first-order valence-electron chi connectivity index (χ1n) is 6.90. The first-order valence-corrected chi connectivity index (χ1v) is 8.07. The quantitative estimate of drug-likeness (QED) is 0.595. The first kappa shape index (κ1) is 18.2. The summed E-state index contributed by atoms with van der Waals surface area (Å²) in [6, 6.07) is 11.2. The third-order valence-corrected chi connectivity index (χ3v) is 3.88. The molecule has 0 aliphatic rings. The Hall–Kier alpha value is -2.18. The minimum absolute atomic E-state index is 0.0623. The summed E-state index contributed by atoms with van der Waals surface area (Å²) in [6.45, 7) is 1.01. The molecule has 2 aromatic rings. The molecule has 124 valence electrons. The van der Waals surface area contributed by atoms with Gasteiger partial charge >= 0.3 is 5.97 Å². The molecule has 0 aliphatic carbocycles. The normalized spacial score (nSPS) is 10.1. The number of benzene rings is 2. The summed E-state index contributed by atoms with van der Waals surface area (Å²) in [6.07, 6.45) is 0. The third kappa shape index (κ3) is 4.91. The number of esters is 1. The van der Waals surface area contributed by atoms with Gasteiger partial charge in [0.15, 0.2) is 12.4 Å². The van der Waals surface area contributed by atoms with Crippen molar-refractivity contribution in [2.24, 2.45) is 0 Å². The Morgan fingerprint density at radius 3 is 2.42 bits per heavy atom. The topological polar surface area (TPSA) is 72.5 Å². The SMILES string of the molecule is CC(=O)c1ccc(NC(=O)COC(=O)c2cc(Br)ccc2Cl)cc1. The lowest BCUT2D eigenvalue weighted by Gasteiger charge is -2.08. The van der Waals surface area contributed by atoms with Crippen LogP contribution in [0.25, 0.3) is 0 Å². The van der Waals surface area contributed by atoms with Gasteiger partial charge < -0.3 is 10.1 Å². The van der Waals surface area contributed by atoms with Crippen LogP contribution in [0.15, 0.2) is 46.9 Å². The molecule has 0 saturated carbocycles. The van der Waals surface area contributed by atoms with Gasteiger partial charge in [-0.25, -0.2) is 4.79 Å². The molecule has 0 saturated heterocycles. The van der Waals surface area contributed by atoms with Crippen molar-refractivity contribution in [3.8, 4) is 0 Å². The van der Waals surface area contributed by atoms with Crippen molar-refractivity contribution in [1.29, 1.82) is 0 Å². The van der Waals surface area contributed by atoms with Crippen molar-refractivity contribution < 1.29 is 19.1 Å². The molecular weight excluding hydrogens is 398 g/mol. The van der Waals surface area contributed by atoms with Crippen molar-refractivity contribution >= 4 is 50.9 Å². The number of hydrogen-bond donors (Lipinski definition) is 1. The van der Waals surface area contributed by atoms with Gasteiger partial charge in [0.1, 0.15) is 0 Å². The van der Waals surface area contributed by atoms with Crippen LogP contribution in [0.5, 0.6) is 0 Å². The zero-order valence-electron chi connectivity index (χ0n) is 12.6. The fourth-order valence-electron chi connectivity index (χ4n) is 1.85. The molecule has 0 bridgehead atoms. The number of carbonyl (C=O) groups excluding carboxylic acids is 3. The summed E-state index contributed by atoms with van der Waals surface area (Å²) in [7, 11) is 0. The van der Waals surface area contributed by atoms with Gasteiger partial charge in [-0.15, -0.1) is 0 Å². The van der Waals surface area contributed by atoms with Crippen LogP contribution in [0.4, 0.5) is 5.69 Å². The van der Waals surface area contributed by atoms with Gasteiger partial charge in [0.25, 0.3) is 5.91 Å². The number of ketones is 1. The Balaban J connectivity index is 1.92. The van der Waals surface area contributed by atoms with Gasteiger partial charge in [-0.2, -0.15) is 0 Å². The Labute approximate surface area is 152 Å². The number of anilines is 1. The van der Waals surface area contributed by atoms with E-state index in [1.54, 1.807) is 36.4 Å². The number of carbonyl (C=O) groups is 3. The lowest BCUT2D eigenvalue weighted by Crippen LogP contribution is -2.21. The van der Waals surface area contributed by atoms with Crippen LogP contribution < -0.4 is 5.32 Å². The van der Waals surface area contributed by atoms with Gasteiger partial charge in [-0.3, -0.25) is 9.59 Å². The van der Waals surface area contributed by atoms with Crippen molar-refractivity contribution in [3.63, 3.8) is 0 Å². The van der Waals surface area contributed by atoms with E-state index in [1.165, 1.54) is 13.0 Å². The van der Waals surface area contributed by atoms with Crippen molar-refractivity contribution in [2.45, 2.75) is 6.92 Å². The summed E-state index contributed by atoms with van der Waals surface area (Å²) < 4.78 is 5.62. The minimum atomic E-state index is -0.691. The van der Waals surface area contributed by atoms with Crippen molar-refractivity contribution in [2.75, 3.05) is 11.9 Å². The Morgan fingerprint density at radius 2 is 1.79 bits per heavy atom. The number of Topliss-reactive ketones (excluding diaryl/α,β-unsaturated/α-hetero) is 1. The second-order valence-electron chi connectivity index (χ2n) is 4.88. The summed E-state index contributed by atoms with van der Waals surface area (Å²) >= 11 is 9.16. The summed E-state index contributed by atoms with van der Waals surface area (Å²) in [5.74, 6) is -1.25. The standard InChI is InChI=1S/C17H13BrClNO4/c1-10(21)11-2-5-13(6-3-11)20-16(22)9-24-17(23)14-8-12(18)4-7-15(14)19/h2-8H,9H2,1H3,(H,20,22). The molecule has 2 rings (SSSR count). The van der Waals surface area contributed by atoms with E-state index in [0.29, 0.717) is 15.7 Å². The molecule has 1 amide bonds. The lowest BCUT2D eigenvalue weighted by molar-refractivity contribution is -0.119. The zero-order valence-corrected chi connectivity index (χ0v) is 15.0. The van der Waals surface area contributed by atoms with Gasteiger partial charge in [0.05, 0.1) is 10.6 Å². The Kier molecular flexibility index (Phi) is 6.11. The number of ether oxygens (including phenoxy) is 1. The fraction of sp³-hybridized carbons (Fsp3) is 0.118. The minimum Gasteiger partial charge on any atom is -0.452 e. The third-order valence-electron chi connectivity index (χ3n) is 3.06. The molecule has 5 nitrogen and oxygen atoms in total. The predicted octanol–water partition coefficient (Wildman–Crippen LogP) is 4.10. The van der Waals surface area contributed by atoms with Crippen molar-refractivity contribution in [3.05, 3.63) is 63.1 Å². The van der Waals surface area contributed by atoms with E-state index < -0.39 is 18.5 Å². The maximum Gasteiger partial charge on any atom is 0.340 e. The molecule has 0 heterocycles. The van der Waals surface area contributed by atoms with E-state index in [9.17, 15) is 14.4 Å². The molecule has 0 aliphatic heterocycles. The maximum atomic E-state index is 11.9. The highest BCUT2D eigenvalue weighted by Gasteiger charge is 2.14. The summed E-state index contributed by atoms with van der Waals surface area (Å²) in [5.41, 5.74) is 1.22. The van der Waals surface area contributed by atoms with Crippen LogP contribution in [0, 0.1) is 0 Å². The van der Waals surface area contributed by atoms with E-state index in [1.807, 2.05) is 0 Å². The van der Waals surface area contributed by atoms with E-state index in [4.69, 9.17) is 16.3 Å². The highest BCUT2D eigenvalue weighted by atomic mass is 79.9. The molecule has 7 heteroatoms. The Bertz CT molecular complexity index is 790.